The van der Waals surface area contributed by atoms with Gasteiger partial charge in [-0.1, -0.05) is 73.0 Å². The fourth-order valence-corrected chi connectivity index (χ4v) is 7.27. The third-order valence-corrected chi connectivity index (χ3v) is 10.3. The molecule has 1 aliphatic rings. The third-order valence-electron chi connectivity index (χ3n) is 9.29. The number of methoxy groups -OCH3 is 1. The summed E-state index contributed by atoms with van der Waals surface area (Å²) in [5.41, 5.74) is 2.30. The summed E-state index contributed by atoms with van der Waals surface area (Å²) in [7, 11) is -2.30. The van der Waals surface area contributed by atoms with Crippen LogP contribution in [0.1, 0.15) is 58.2 Å². The van der Waals surface area contributed by atoms with Gasteiger partial charge in [0.2, 0.25) is 17.7 Å². The number of phosphoric ester groups is 1. The Morgan fingerprint density at radius 3 is 2.32 bits per heavy atom. The van der Waals surface area contributed by atoms with Crippen LogP contribution in [0.3, 0.4) is 0 Å². The highest BCUT2D eigenvalue weighted by atomic mass is 35.5. The number of hydrogen-bond donors (Lipinski definition) is 5. The number of allylic oxidation sites excluding steroid dienone is 1. The van der Waals surface area contributed by atoms with Gasteiger partial charge in [0.25, 0.3) is 0 Å². The van der Waals surface area contributed by atoms with Crippen LogP contribution in [0, 0.1) is 11.8 Å². The van der Waals surface area contributed by atoms with Crippen LogP contribution in [0.4, 0.5) is 0 Å². The number of esters is 1. The van der Waals surface area contributed by atoms with Crippen molar-refractivity contribution in [3.8, 4) is 5.75 Å². The number of H-pyrrole nitrogens is 1. The van der Waals surface area contributed by atoms with E-state index in [1.807, 2.05) is 38.1 Å². The Kier molecular flexibility index (Phi) is 13.8. The fourth-order valence-electron chi connectivity index (χ4n) is 6.29. The van der Waals surface area contributed by atoms with E-state index >= 15 is 0 Å². The summed E-state index contributed by atoms with van der Waals surface area (Å²) in [5, 5.41) is 6.36. The molecule has 2 heterocycles. The highest BCUT2D eigenvalue weighted by molar-refractivity contribution is 7.46. The van der Waals surface area contributed by atoms with E-state index in [2.05, 4.69) is 20.1 Å². The number of nitrogens with zero attached hydrogens (tertiary/aromatic N) is 1. The van der Waals surface area contributed by atoms with Gasteiger partial charge < -0.3 is 34.5 Å². The lowest BCUT2D eigenvalue weighted by atomic mass is 9.95. The van der Waals surface area contributed by atoms with Crippen LogP contribution < -0.4 is 15.2 Å². The van der Waals surface area contributed by atoms with Gasteiger partial charge in [0.15, 0.2) is 6.10 Å². The van der Waals surface area contributed by atoms with Crippen LogP contribution >= 0.6 is 31.0 Å². The average Bonchev–Trinajstić information content (AvgIpc) is 3.40. The molecular weight excluding hydrogens is 750 g/mol. The van der Waals surface area contributed by atoms with E-state index in [0.717, 1.165) is 11.0 Å². The van der Waals surface area contributed by atoms with Gasteiger partial charge in [-0.25, -0.2) is 9.36 Å². The van der Waals surface area contributed by atoms with Gasteiger partial charge in [0.05, 0.1) is 11.1 Å². The predicted molar refractivity (Wildman–Crippen MR) is 199 cm³/mol. The number of benzene rings is 2. The van der Waals surface area contributed by atoms with Gasteiger partial charge in [-0.3, -0.25) is 24.2 Å². The summed E-state index contributed by atoms with van der Waals surface area (Å²) in [6, 6.07) is 7.45. The van der Waals surface area contributed by atoms with E-state index in [-0.39, 0.29) is 39.7 Å². The number of carbonyl (C=O) groups is 4. The Labute approximate surface area is 317 Å². The second-order valence-electron chi connectivity index (χ2n) is 13.4. The van der Waals surface area contributed by atoms with Crippen LogP contribution in [-0.2, 0) is 39.6 Å². The zero-order chi connectivity index (χ0) is 39.4. The van der Waals surface area contributed by atoms with E-state index in [4.69, 9.17) is 32.7 Å². The highest BCUT2D eigenvalue weighted by Gasteiger charge is 2.39. The number of phosphoric acid groups is 1. The summed E-state index contributed by atoms with van der Waals surface area (Å²) in [6.45, 7) is 8.70. The fraction of sp³-hybridized carbons (Fsp3) is 0.444. The third kappa shape index (κ3) is 10.4. The van der Waals surface area contributed by atoms with Crippen LogP contribution in [0.2, 0.25) is 10.2 Å². The molecule has 2 aromatic carbocycles. The summed E-state index contributed by atoms with van der Waals surface area (Å²) in [5.74, 6) is -3.63. The molecule has 288 valence electrons. The number of cyclic esters (lactones) is 1. The number of fused-ring (bicyclic) bond motifs is 1. The highest BCUT2D eigenvalue weighted by Crippen LogP contribution is 2.42. The van der Waals surface area contributed by atoms with Crippen LogP contribution in [0.15, 0.2) is 54.1 Å². The number of carbonyl (C=O) groups excluding carboxylic acids is 4. The minimum atomic E-state index is -4.99. The molecule has 0 fully saturated rings. The largest absolute Gasteiger partial charge is 0.524 e. The number of amides is 3. The topological polar surface area (TPSA) is 197 Å². The molecular formula is C36H45Cl2N4O10P. The number of rotatable bonds is 6. The molecule has 14 nitrogen and oxygen atoms in total. The van der Waals surface area contributed by atoms with Crippen LogP contribution in [0.25, 0.3) is 10.9 Å². The van der Waals surface area contributed by atoms with Gasteiger partial charge >= 0.3 is 13.8 Å². The van der Waals surface area contributed by atoms with E-state index in [0.29, 0.717) is 17.5 Å². The normalized spacial score (nSPS) is 26.9. The van der Waals surface area contributed by atoms with Crippen molar-refractivity contribution in [2.75, 3.05) is 14.2 Å². The Morgan fingerprint density at radius 1 is 1.00 bits per heavy atom. The summed E-state index contributed by atoms with van der Waals surface area (Å²) in [4.78, 5) is 78.7. The van der Waals surface area contributed by atoms with Crippen molar-refractivity contribution in [1.82, 2.24) is 20.5 Å². The van der Waals surface area contributed by atoms with Crippen LogP contribution in [0.5, 0.6) is 5.75 Å². The van der Waals surface area contributed by atoms with Crippen molar-refractivity contribution in [2.24, 2.45) is 11.8 Å². The lowest BCUT2D eigenvalue weighted by molar-refractivity contribution is -0.164. The number of hydrogen-bond acceptors (Lipinski definition) is 8. The molecule has 0 saturated heterocycles. The van der Waals surface area contributed by atoms with Gasteiger partial charge in [-0.15, -0.1) is 0 Å². The van der Waals surface area contributed by atoms with Gasteiger partial charge in [0, 0.05) is 43.3 Å². The monoisotopic (exact) mass is 794 g/mol. The number of aromatic amines is 1. The SMILES string of the molecule is CO[C@@H]1C(=O)O[C@H](C)[C@@H](C)/C=C(/C)C[C@H](C)C(=O)N[C@@H](C)C(=O)N(C)[C@H](Cc2c(Cl)[nH]c3ccccc23)C(=O)N[C@@H]1c1ccc(OP(=O)(O)O)c(Cl)c1. The standard InChI is InChI=1S/C36H45Cl2N4O10P/c1-18-14-19(2)22(5)51-36(46)31(50-7)30(23-12-13-29(26(37)16-23)52-53(47,48)49)41-34(44)28(17-25-24-10-8-9-11-27(24)40-32(25)38)42(6)35(45)21(4)39-33(43)20(3)15-18/h8-14,16,19-22,28,30-31,40H,15,17H2,1-7H3,(H,39,43)(H,41,44)(H2,47,48,49)/b18-14-/t19-,20-,21-,22+,28+,30+,31-/m0/s1. The first-order chi connectivity index (χ1) is 24.8. The molecule has 0 radical (unpaired) electrons. The maximum Gasteiger partial charge on any atom is 0.524 e. The molecule has 1 aromatic heterocycles. The average molecular weight is 796 g/mol. The summed E-state index contributed by atoms with van der Waals surface area (Å²) >= 11 is 13.0. The first kappa shape index (κ1) is 41.8. The molecule has 53 heavy (non-hydrogen) atoms. The molecule has 17 heteroatoms. The van der Waals surface area contributed by atoms with Crippen LogP contribution in [-0.4, -0.2) is 81.8 Å². The zero-order valence-electron chi connectivity index (χ0n) is 30.4. The first-order valence-corrected chi connectivity index (χ1v) is 19.2. The molecule has 3 amide bonds. The molecule has 0 bridgehead atoms. The Balaban J connectivity index is 1.86. The zero-order valence-corrected chi connectivity index (χ0v) is 32.8. The van der Waals surface area contributed by atoms with Gasteiger partial charge in [-0.05, 0) is 56.5 Å². The second kappa shape index (κ2) is 17.5. The lowest BCUT2D eigenvalue weighted by Crippen LogP contribution is -2.56. The molecule has 1 aliphatic heterocycles. The molecule has 7 atom stereocenters. The molecule has 0 saturated carbocycles. The molecule has 4 rings (SSSR count). The predicted octanol–water partition coefficient (Wildman–Crippen LogP) is 5.25. The lowest BCUT2D eigenvalue weighted by Gasteiger charge is -2.33. The van der Waals surface area contributed by atoms with E-state index in [9.17, 15) is 33.5 Å². The number of likely N-dealkylation sites (N-methyl/N-ethyl adjacent to an activating group) is 1. The molecule has 0 unspecified atom stereocenters. The second-order valence-corrected chi connectivity index (χ2v) is 15.3. The van der Waals surface area contributed by atoms with Gasteiger partial charge in [0.1, 0.15) is 29.1 Å². The van der Waals surface area contributed by atoms with Crippen molar-refractivity contribution in [3.05, 3.63) is 75.4 Å². The number of halogens is 2. The Hall–Kier alpha value is -3.91. The maximum atomic E-state index is 14.6. The van der Waals surface area contributed by atoms with E-state index < -0.39 is 61.9 Å². The van der Waals surface area contributed by atoms with E-state index in [1.54, 1.807) is 19.9 Å². The number of ether oxygens (including phenoxy) is 2. The molecule has 0 aliphatic carbocycles. The number of nitrogens with one attached hydrogen (secondary N) is 3. The number of aromatic nitrogens is 1. The summed E-state index contributed by atoms with van der Waals surface area (Å²) in [6.07, 6.45) is 0.0466. The van der Waals surface area contributed by atoms with Crippen molar-refractivity contribution < 1.29 is 47.5 Å². The molecule has 5 N–H and O–H groups in total. The van der Waals surface area contributed by atoms with Crippen molar-refractivity contribution >= 4 is 65.6 Å². The van der Waals surface area contributed by atoms with Crippen molar-refractivity contribution in [1.29, 1.82) is 0 Å². The molecule has 3 aromatic rings. The summed E-state index contributed by atoms with van der Waals surface area (Å²) < 4.78 is 27.8. The first-order valence-electron chi connectivity index (χ1n) is 16.9. The van der Waals surface area contributed by atoms with Crippen molar-refractivity contribution in [2.45, 2.75) is 77.8 Å². The quantitative estimate of drug-likeness (QED) is 0.125. The molecule has 0 spiro atoms. The van der Waals surface area contributed by atoms with Gasteiger partial charge in [-0.2, -0.15) is 0 Å². The minimum Gasteiger partial charge on any atom is -0.460 e. The smallest absolute Gasteiger partial charge is 0.460 e. The number of para-hydroxylation sites is 1. The van der Waals surface area contributed by atoms with Crippen molar-refractivity contribution in [3.63, 3.8) is 0 Å². The minimum absolute atomic E-state index is 0.0861. The Morgan fingerprint density at radius 2 is 1.68 bits per heavy atom. The Bertz CT molecular complexity index is 1930. The maximum absolute atomic E-state index is 14.6. The van der Waals surface area contributed by atoms with E-state index in [1.165, 1.54) is 44.2 Å².